The van der Waals surface area contributed by atoms with Crippen LogP contribution in [0.2, 0.25) is 0 Å². The summed E-state index contributed by atoms with van der Waals surface area (Å²) < 4.78 is 5.68. The van der Waals surface area contributed by atoms with Gasteiger partial charge in [-0.05, 0) is 46.9 Å². The van der Waals surface area contributed by atoms with Gasteiger partial charge in [-0.15, -0.1) is 12.4 Å². The Morgan fingerprint density at radius 2 is 2.24 bits per heavy atom. The lowest BCUT2D eigenvalue weighted by molar-refractivity contribution is -0.130. The molecule has 2 rings (SSSR count). The van der Waals surface area contributed by atoms with Crippen molar-refractivity contribution in [2.45, 2.75) is 6.42 Å². The molecule has 0 saturated carbocycles. The summed E-state index contributed by atoms with van der Waals surface area (Å²) in [6.07, 6.45) is 0.936. The highest BCUT2D eigenvalue weighted by Gasteiger charge is 2.27. The molecule has 6 nitrogen and oxygen atoms in total. The number of nitrogens with two attached hydrogens (primary N) is 1. The van der Waals surface area contributed by atoms with E-state index in [1.54, 1.807) is 24.1 Å². The van der Waals surface area contributed by atoms with Gasteiger partial charge in [0, 0.05) is 20.1 Å². The number of hydrogen-bond donors (Lipinski definition) is 1. The first-order chi connectivity index (χ1) is 9.51. The van der Waals surface area contributed by atoms with Crippen molar-refractivity contribution in [1.82, 2.24) is 9.80 Å². The van der Waals surface area contributed by atoms with Crippen LogP contribution in [0.5, 0.6) is 0 Å². The minimum absolute atomic E-state index is 0. The van der Waals surface area contributed by atoms with E-state index in [1.165, 1.54) is 4.90 Å². The quantitative estimate of drug-likeness (QED) is 0.855. The summed E-state index contributed by atoms with van der Waals surface area (Å²) in [6.45, 7) is 2.05. The fourth-order valence-electron chi connectivity index (χ4n) is 2.24. The number of carbonyl (C=O) groups excluding carboxylic acids is 2. The minimum Gasteiger partial charge on any atom is -0.444 e. The van der Waals surface area contributed by atoms with Crippen LogP contribution in [0.15, 0.2) is 21.2 Å². The lowest BCUT2D eigenvalue weighted by Crippen LogP contribution is -2.40. The Bertz CT molecular complexity index is 509. The molecule has 0 radical (unpaired) electrons. The van der Waals surface area contributed by atoms with E-state index in [0.717, 1.165) is 13.0 Å². The number of likely N-dealkylation sites (N-methyl/N-ethyl adjacent to an activating group) is 1. The lowest BCUT2D eigenvalue weighted by Gasteiger charge is -2.21. The summed E-state index contributed by atoms with van der Waals surface area (Å²) >= 11 is 3.14. The van der Waals surface area contributed by atoms with Gasteiger partial charge in [-0.25, -0.2) is 0 Å². The van der Waals surface area contributed by atoms with Crippen molar-refractivity contribution in [1.29, 1.82) is 0 Å². The van der Waals surface area contributed by atoms with E-state index in [-0.39, 0.29) is 36.5 Å². The van der Waals surface area contributed by atoms with E-state index >= 15 is 0 Å². The molecule has 0 bridgehead atoms. The summed E-state index contributed by atoms with van der Waals surface area (Å²) in [7, 11) is 1.59. The molecule has 1 atom stereocenters. The van der Waals surface area contributed by atoms with Crippen LogP contribution < -0.4 is 5.73 Å². The fraction of sp³-hybridized carbons (Fsp3) is 0.538. The van der Waals surface area contributed by atoms with E-state index in [2.05, 4.69) is 15.9 Å². The summed E-state index contributed by atoms with van der Waals surface area (Å²) in [6, 6.07) is 3.23. The first kappa shape index (κ1) is 18.0. The number of halogens is 2. The number of rotatable bonds is 4. The van der Waals surface area contributed by atoms with Gasteiger partial charge in [-0.3, -0.25) is 9.59 Å². The van der Waals surface area contributed by atoms with Crippen LogP contribution in [0, 0.1) is 5.92 Å². The predicted octanol–water partition coefficient (Wildman–Crippen LogP) is 1.34. The number of likely N-dealkylation sites (tertiary alicyclic amines) is 1. The fourth-order valence-corrected chi connectivity index (χ4v) is 2.55. The molecule has 0 aliphatic carbocycles. The second-order valence-corrected chi connectivity index (χ2v) is 5.78. The SMILES string of the molecule is CN(CC(=O)N1CCC(CN)C1)C(=O)c1ccc(Br)o1.Cl. The van der Waals surface area contributed by atoms with Crippen LogP contribution in [0.3, 0.4) is 0 Å². The van der Waals surface area contributed by atoms with Gasteiger partial charge in [-0.2, -0.15) is 0 Å². The number of furan rings is 1. The summed E-state index contributed by atoms with van der Waals surface area (Å²) in [5.41, 5.74) is 5.60. The predicted molar refractivity (Wildman–Crippen MR) is 84.4 cm³/mol. The summed E-state index contributed by atoms with van der Waals surface area (Å²) in [4.78, 5) is 27.3. The normalized spacial score (nSPS) is 17.5. The van der Waals surface area contributed by atoms with Crippen LogP contribution in [-0.2, 0) is 4.79 Å². The molecule has 1 aromatic rings. The lowest BCUT2D eigenvalue weighted by atomic mass is 10.1. The monoisotopic (exact) mass is 379 g/mol. The minimum atomic E-state index is -0.307. The average molecular weight is 381 g/mol. The van der Waals surface area contributed by atoms with Crippen LogP contribution in [0.25, 0.3) is 0 Å². The molecule has 1 aliphatic heterocycles. The zero-order valence-corrected chi connectivity index (χ0v) is 14.2. The standard InChI is InChI=1S/C13H18BrN3O3.ClH/c1-16(13(19)10-2-3-11(14)20-10)8-12(18)17-5-4-9(6-15)7-17;/h2-3,9H,4-8,15H2,1H3;1H. The van der Waals surface area contributed by atoms with Crippen LogP contribution in [0.4, 0.5) is 0 Å². The van der Waals surface area contributed by atoms with Crippen molar-refractivity contribution < 1.29 is 14.0 Å². The Balaban J connectivity index is 0.00000220. The van der Waals surface area contributed by atoms with Gasteiger partial charge < -0.3 is 20.0 Å². The van der Waals surface area contributed by atoms with Crippen molar-refractivity contribution in [2.75, 3.05) is 33.2 Å². The second kappa shape index (κ2) is 7.82. The van der Waals surface area contributed by atoms with E-state index in [4.69, 9.17) is 10.2 Å². The van der Waals surface area contributed by atoms with Gasteiger partial charge in [-0.1, -0.05) is 0 Å². The highest BCUT2D eigenvalue weighted by Crippen LogP contribution is 2.17. The Labute approximate surface area is 138 Å². The van der Waals surface area contributed by atoms with Crippen molar-refractivity contribution >= 4 is 40.2 Å². The number of amides is 2. The van der Waals surface area contributed by atoms with Crippen molar-refractivity contribution in [3.8, 4) is 0 Å². The molecule has 1 aliphatic rings. The first-order valence-electron chi connectivity index (χ1n) is 6.50. The van der Waals surface area contributed by atoms with E-state index in [0.29, 0.717) is 23.7 Å². The Kier molecular flexibility index (Phi) is 6.70. The number of carbonyl (C=O) groups is 2. The average Bonchev–Trinajstić information content (AvgIpc) is 3.06. The molecular formula is C13H19BrClN3O3. The van der Waals surface area contributed by atoms with Crippen molar-refractivity contribution in [2.24, 2.45) is 11.7 Å². The molecule has 2 heterocycles. The maximum Gasteiger partial charge on any atom is 0.289 e. The third-order valence-electron chi connectivity index (χ3n) is 3.48. The maximum absolute atomic E-state index is 12.1. The van der Waals surface area contributed by atoms with Crippen LogP contribution >= 0.6 is 28.3 Å². The third-order valence-corrected chi connectivity index (χ3v) is 3.90. The molecule has 2 N–H and O–H groups in total. The molecule has 118 valence electrons. The Hall–Kier alpha value is -1.05. The van der Waals surface area contributed by atoms with Crippen LogP contribution in [0.1, 0.15) is 17.0 Å². The van der Waals surface area contributed by atoms with E-state index < -0.39 is 0 Å². The van der Waals surface area contributed by atoms with Crippen molar-refractivity contribution in [3.63, 3.8) is 0 Å². The largest absolute Gasteiger partial charge is 0.444 e. The molecule has 21 heavy (non-hydrogen) atoms. The van der Waals surface area contributed by atoms with Gasteiger partial charge in [0.1, 0.15) is 0 Å². The summed E-state index contributed by atoms with van der Waals surface area (Å²) in [5.74, 6) is 0.232. The molecule has 8 heteroatoms. The highest BCUT2D eigenvalue weighted by molar-refractivity contribution is 9.10. The molecular weight excluding hydrogens is 362 g/mol. The first-order valence-corrected chi connectivity index (χ1v) is 7.29. The van der Waals surface area contributed by atoms with Crippen molar-refractivity contribution in [3.05, 3.63) is 22.6 Å². The molecule has 0 spiro atoms. The highest BCUT2D eigenvalue weighted by atomic mass is 79.9. The molecule has 1 saturated heterocycles. The zero-order valence-electron chi connectivity index (χ0n) is 11.8. The Morgan fingerprint density at radius 3 is 2.76 bits per heavy atom. The summed E-state index contributed by atoms with van der Waals surface area (Å²) in [5, 5.41) is 0. The van der Waals surface area contributed by atoms with Gasteiger partial charge in [0.2, 0.25) is 5.91 Å². The van der Waals surface area contributed by atoms with Crippen LogP contribution in [-0.4, -0.2) is 54.8 Å². The molecule has 1 aromatic heterocycles. The third kappa shape index (κ3) is 4.46. The number of nitrogens with zero attached hydrogens (tertiary/aromatic N) is 2. The smallest absolute Gasteiger partial charge is 0.289 e. The molecule has 0 aromatic carbocycles. The Morgan fingerprint density at radius 1 is 1.52 bits per heavy atom. The van der Waals surface area contributed by atoms with Gasteiger partial charge in [0.25, 0.3) is 5.91 Å². The van der Waals surface area contributed by atoms with E-state index in [1.807, 2.05) is 0 Å². The van der Waals surface area contributed by atoms with Gasteiger partial charge in [0.05, 0.1) is 6.54 Å². The van der Waals surface area contributed by atoms with E-state index in [9.17, 15) is 9.59 Å². The second-order valence-electron chi connectivity index (χ2n) is 5.00. The molecule has 2 amide bonds. The number of hydrogen-bond acceptors (Lipinski definition) is 4. The molecule has 1 unspecified atom stereocenters. The zero-order chi connectivity index (χ0) is 14.7. The maximum atomic E-state index is 12.1. The topological polar surface area (TPSA) is 79.8 Å². The van der Waals surface area contributed by atoms with Gasteiger partial charge in [0.15, 0.2) is 10.4 Å². The van der Waals surface area contributed by atoms with Gasteiger partial charge >= 0.3 is 0 Å². The molecule has 1 fully saturated rings.